The molecule has 2 aromatic carbocycles. The van der Waals surface area contributed by atoms with Gasteiger partial charge in [0, 0.05) is 30.2 Å². The van der Waals surface area contributed by atoms with Crippen LogP contribution in [0.15, 0.2) is 54.9 Å². The number of benzene rings is 2. The van der Waals surface area contributed by atoms with E-state index < -0.39 is 0 Å². The first-order chi connectivity index (χ1) is 17.6. The van der Waals surface area contributed by atoms with Gasteiger partial charge in [0.15, 0.2) is 0 Å². The lowest BCUT2D eigenvalue weighted by Gasteiger charge is -2.15. The standard InChI is InChI=1S/C27H33N5O4/c1-34-25-16-20(15-22(17-25)26(33)31-35-2)5-6-21-18-28-27(29-19-21)30-23-7-9-24(10-8-23)36-14-13-32-11-3-4-12-32/h7-10,15-19H,3-6,11-14H2,1-2H3,(H,31,33)(H,28,29,30). The van der Waals surface area contributed by atoms with Crippen LogP contribution >= 0.6 is 0 Å². The minimum absolute atomic E-state index is 0.321. The smallest absolute Gasteiger partial charge is 0.274 e. The minimum atomic E-state index is -0.321. The Hall–Kier alpha value is -3.69. The van der Waals surface area contributed by atoms with E-state index in [-0.39, 0.29) is 5.91 Å². The highest BCUT2D eigenvalue weighted by Gasteiger charge is 2.11. The number of ether oxygens (including phenoxy) is 2. The zero-order valence-electron chi connectivity index (χ0n) is 20.8. The summed E-state index contributed by atoms with van der Waals surface area (Å²) in [7, 11) is 2.98. The zero-order chi connectivity index (χ0) is 25.2. The Kier molecular flexibility index (Phi) is 9.07. The average Bonchev–Trinajstić information content (AvgIpc) is 3.43. The second-order valence-electron chi connectivity index (χ2n) is 8.67. The first-order valence-corrected chi connectivity index (χ1v) is 12.2. The summed E-state index contributed by atoms with van der Waals surface area (Å²) in [5.41, 5.74) is 5.67. The van der Waals surface area contributed by atoms with Crippen LogP contribution in [0.2, 0.25) is 0 Å². The van der Waals surface area contributed by atoms with E-state index in [9.17, 15) is 4.79 Å². The van der Waals surface area contributed by atoms with Gasteiger partial charge in [-0.05, 0) is 92.4 Å². The maximum Gasteiger partial charge on any atom is 0.274 e. The van der Waals surface area contributed by atoms with Crippen molar-refractivity contribution in [1.29, 1.82) is 0 Å². The van der Waals surface area contributed by atoms with Crippen LogP contribution in [0, 0.1) is 0 Å². The summed E-state index contributed by atoms with van der Waals surface area (Å²) in [6, 6.07) is 13.2. The highest BCUT2D eigenvalue weighted by Crippen LogP contribution is 2.20. The van der Waals surface area contributed by atoms with Crippen LogP contribution in [0.25, 0.3) is 0 Å². The SMILES string of the molecule is CONC(=O)c1cc(CCc2cnc(Nc3ccc(OCCN4CCCC4)cc3)nc2)cc(OC)c1. The number of likely N-dealkylation sites (tertiary alicyclic amines) is 1. The minimum Gasteiger partial charge on any atom is -0.497 e. The molecule has 0 bridgehead atoms. The van der Waals surface area contributed by atoms with Crippen LogP contribution in [-0.2, 0) is 17.7 Å². The van der Waals surface area contributed by atoms with Gasteiger partial charge >= 0.3 is 0 Å². The fraction of sp³-hybridized carbons (Fsp3) is 0.370. The molecule has 0 saturated carbocycles. The molecule has 1 amide bonds. The van der Waals surface area contributed by atoms with Crippen molar-refractivity contribution in [3.8, 4) is 11.5 Å². The van der Waals surface area contributed by atoms with Crippen molar-refractivity contribution in [2.75, 3.05) is 45.8 Å². The van der Waals surface area contributed by atoms with Gasteiger partial charge in [0.2, 0.25) is 5.95 Å². The number of carbonyl (C=O) groups is 1. The number of nitrogens with zero attached hydrogens (tertiary/aromatic N) is 3. The molecule has 0 aliphatic carbocycles. The van der Waals surface area contributed by atoms with Crippen LogP contribution in [-0.4, -0.2) is 61.2 Å². The first-order valence-electron chi connectivity index (χ1n) is 12.2. The zero-order valence-corrected chi connectivity index (χ0v) is 20.8. The molecule has 1 aliphatic rings. The molecule has 3 aromatic rings. The third kappa shape index (κ3) is 7.40. The van der Waals surface area contributed by atoms with E-state index in [4.69, 9.17) is 14.3 Å². The molecule has 0 radical (unpaired) electrons. The summed E-state index contributed by atoms with van der Waals surface area (Å²) >= 11 is 0. The molecule has 0 atom stereocenters. The van der Waals surface area contributed by atoms with E-state index in [1.54, 1.807) is 13.2 Å². The van der Waals surface area contributed by atoms with Gasteiger partial charge in [-0.1, -0.05) is 0 Å². The fourth-order valence-corrected chi connectivity index (χ4v) is 4.11. The number of nitrogens with one attached hydrogen (secondary N) is 2. The molecule has 4 rings (SSSR count). The van der Waals surface area contributed by atoms with Gasteiger partial charge in [-0.25, -0.2) is 15.4 Å². The lowest BCUT2D eigenvalue weighted by atomic mass is 10.0. The summed E-state index contributed by atoms with van der Waals surface area (Å²) in [5, 5.41) is 3.22. The Morgan fingerprint density at radius 2 is 1.67 bits per heavy atom. The lowest BCUT2D eigenvalue weighted by molar-refractivity contribution is 0.0537. The molecular weight excluding hydrogens is 458 g/mol. The third-order valence-corrected chi connectivity index (χ3v) is 6.05. The number of hydroxylamine groups is 1. The Bertz CT molecular complexity index is 1120. The number of rotatable bonds is 12. The number of hydrogen-bond acceptors (Lipinski definition) is 8. The summed E-state index contributed by atoms with van der Waals surface area (Å²) in [6.07, 6.45) is 7.64. The predicted molar refractivity (Wildman–Crippen MR) is 138 cm³/mol. The number of anilines is 2. The van der Waals surface area contributed by atoms with Gasteiger partial charge in [0.05, 0.1) is 14.2 Å². The molecule has 1 saturated heterocycles. The first kappa shape index (κ1) is 25.4. The Morgan fingerprint density at radius 3 is 2.36 bits per heavy atom. The summed E-state index contributed by atoms with van der Waals surface area (Å²) < 4.78 is 11.2. The largest absolute Gasteiger partial charge is 0.497 e. The van der Waals surface area contributed by atoms with E-state index in [0.717, 1.165) is 35.5 Å². The van der Waals surface area contributed by atoms with E-state index >= 15 is 0 Å². The lowest BCUT2D eigenvalue weighted by Crippen LogP contribution is -2.25. The Morgan fingerprint density at radius 1 is 0.944 bits per heavy atom. The molecule has 9 heteroatoms. The molecule has 0 spiro atoms. The third-order valence-electron chi connectivity index (χ3n) is 6.05. The molecule has 9 nitrogen and oxygen atoms in total. The number of aryl methyl sites for hydroxylation is 2. The van der Waals surface area contributed by atoms with E-state index in [1.165, 1.54) is 33.0 Å². The molecule has 0 unspecified atom stereocenters. The van der Waals surface area contributed by atoms with Gasteiger partial charge in [0.25, 0.3) is 5.91 Å². The number of aromatic nitrogens is 2. The van der Waals surface area contributed by atoms with Crippen LogP contribution < -0.4 is 20.3 Å². The maximum atomic E-state index is 12.1. The van der Waals surface area contributed by atoms with Crippen molar-refractivity contribution in [2.24, 2.45) is 0 Å². The molecule has 2 N–H and O–H groups in total. The summed E-state index contributed by atoms with van der Waals surface area (Å²) in [4.78, 5) is 28.2. The summed E-state index contributed by atoms with van der Waals surface area (Å²) in [5.74, 6) is 1.68. The van der Waals surface area contributed by atoms with Gasteiger partial charge < -0.3 is 14.8 Å². The van der Waals surface area contributed by atoms with Crippen molar-refractivity contribution >= 4 is 17.5 Å². The van der Waals surface area contributed by atoms with Crippen molar-refractivity contribution in [3.63, 3.8) is 0 Å². The topological polar surface area (TPSA) is 97.8 Å². The van der Waals surface area contributed by atoms with Gasteiger partial charge in [-0.15, -0.1) is 0 Å². The monoisotopic (exact) mass is 491 g/mol. The van der Waals surface area contributed by atoms with Crippen molar-refractivity contribution in [3.05, 3.63) is 71.5 Å². The van der Waals surface area contributed by atoms with Crippen molar-refractivity contribution < 1.29 is 19.1 Å². The number of methoxy groups -OCH3 is 1. The number of carbonyl (C=O) groups excluding carboxylic acids is 1. The summed E-state index contributed by atoms with van der Waals surface area (Å²) in [6.45, 7) is 4.04. The highest BCUT2D eigenvalue weighted by molar-refractivity contribution is 5.94. The number of amides is 1. The second kappa shape index (κ2) is 12.9. The van der Waals surface area contributed by atoms with Crippen LogP contribution in [0.3, 0.4) is 0 Å². The van der Waals surface area contributed by atoms with Crippen LogP contribution in [0.1, 0.15) is 34.3 Å². The fourth-order valence-electron chi connectivity index (χ4n) is 4.11. The normalized spacial score (nSPS) is 13.4. The maximum absolute atomic E-state index is 12.1. The van der Waals surface area contributed by atoms with Gasteiger partial charge in [0.1, 0.15) is 18.1 Å². The molecule has 1 fully saturated rings. The van der Waals surface area contributed by atoms with E-state index in [1.807, 2.05) is 48.8 Å². The Balaban J connectivity index is 1.27. The van der Waals surface area contributed by atoms with Crippen LogP contribution in [0.4, 0.5) is 11.6 Å². The molecule has 36 heavy (non-hydrogen) atoms. The van der Waals surface area contributed by atoms with E-state index in [2.05, 4.69) is 25.7 Å². The van der Waals surface area contributed by atoms with Gasteiger partial charge in [-0.2, -0.15) is 0 Å². The predicted octanol–water partition coefficient (Wildman–Crippen LogP) is 3.78. The molecular formula is C27H33N5O4. The van der Waals surface area contributed by atoms with Crippen LogP contribution in [0.5, 0.6) is 11.5 Å². The quantitative estimate of drug-likeness (QED) is 0.370. The molecule has 1 aromatic heterocycles. The highest BCUT2D eigenvalue weighted by atomic mass is 16.6. The Labute approximate surface area is 211 Å². The van der Waals surface area contributed by atoms with Crippen molar-refractivity contribution in [1.82, 2.24) is 20.3 Å². The second-order valence-corrected chi connectivity index (χ2v) is 8.67. The molecule has 2 heterocycles. The molecule has 190 valence electrons. The average molecular weight is 492 g/mol. The van der Waals surface area contributed by atoms with E-state index in [0.29, 0.717) is 30.3 Å². The molecule has 1 aliphatic heterocycles. The van der Waals surface area contributed by atoms with Crippen molar-refractivity contribution in [2.45, 2.75) is 25.7 Å². The number of hydrogen-bond donors (Lipinski definition) is 2. The van der Waals surface area contributed by atoms with Gasteiger partial charge in [-0.3, -0.25) is 14.5 Å².